The third kappa shape index (κ3) is 5.78. The molecule has 0 atom stereocenters. The van der Waals surface area contributed by atoms with Crippen molar-refractivity contribution in [3.8, 4) is 6.07 Å². The summed E-state index contributed by atoms with van der Waals surface area (Å²) in [5, 5.41) is 11.8. The first-order valence-corrected chi connectivity index (χ1v) is 9.66. The SMILES string of the molecule is N#Cc1cccc(NC(=O)CN2CCN(CC(=O)N3CCCCC3)CC2)c1. The summed E-state index contributed by atoms with van der Waals surface area (Å²) in [6.45, 7) is 5.76. The fraction of sp³-hybridized carbons (Fsp3) is 0.550. The number of piperazine rings is 1. The molecule has 0 radical (unpaired) electrons. The number of benzene rings is 1. The molecule has 2 heterocycles. The summed E-state index contributed by atoms with van der Waals surface area (Å²) in [6, 6.07) is 8.98. The predicted octanol–water partition coefficient (Wildman–Crippen LogP) is 1.13. The molecular formula is C20H27N5O2. The zero-order chi connectivity index (χ0) is 19.1. The summed E-state index contributed by atoms with van der Waals surface area (Å²) in [7, 11) is 0. The van der Waals surface area contributed by atoms with Gasteiger partial charge in [0, 0.05) is 45.0 Å². The summed E-state index contributed by atoms with van der Waals surface area (Å²) < 4.78 is 0. The second-order valence-electron chi connectivity index (χ2n) is 7.23. The van der Waals surface area contributed by atoms with Gasteiger partial charge in [0.25, 0.3) is 0 Å². The first kappa shape index (κ1) is 19.3. The molecule has 3 rings (SSSR count). The Kier molecular flexibility index (Phi) is 6.80. The molecule has 7 nitrogen and oxygen atoms in total. The van der Waals surface area contributed by atoms with E-state index in [-0.39, 0.29) is 11.8 Å². The van der Waals surface area contributed by atoms with Gasteiger partial charge in [0.15, 0.2) is 0 Å². The van der Waals surface area contributed by atoms with Gasteiger partial charge in [-0.05, 0) is 37.5 Å². The highest BCUT2D eigenvalue weighted by molar-refractivity contribution is 5.92. The Hall–Kier alpha value is -2.43. The number of carbonyl (C=O) groups excluding carboxylic acids is 2. The van der Waals surface area contributed by atoms with Gasteiger partial charge in [-0.25, -0.2) is 0 Å². The minimum absolute atomic E-state index is 0.0806. The average Bonchev–Trinajstić information content (AvgIpc) is 2.70. The quantitative estimate of drug-likeness (QED) is 0.842. The lowest BCUT2D eigenvalue weighted by Gasteiger charge is -2.35. The monoisotopic (exact) mass is 369 g/mol. The minimum atomic E-state index is -0.0806. The number of rotatable bonds is 5. The maximum Gasteiger partial charge on any atom is 0.238 e. The molecule has 7 heteroatoms. The fourth-order valence-electron chi connectivity index (χ4n) is 3.61. The van der Waals surface area contributed by atoms with Crippen LogP contribution in [-0.4, -0.2) is 78.9 Å². The number of amides is 2. The van der Waals surface area contributed by atoms with Gasteiger partial charge in [-0.15, -0.1) is 0 Å². The molecule has 0 saturated carbocycles. The highest BCUT2D eigenvalue weighted by atomic mass is 16.2. The van der Waals surface area contributed by atoms with Gasteiger partial charge in [-0.2, -0.15) is 5.26 Å². The maximum atomic E-state index is 12.4. The first-order valence-electron chi connectivity index (χ1n) is 9.66. The van der Waals surface area contributed by atoms with Crippen molar-refractivity contribution in [1.82, 2.24) is 14.7 Å². The average molecular weight is 369 g/mol. The van der Waals surface area contributed by atoms with E-state index >= 15 is 0 Å². The molecule has 0 aliphatic carbocycles. The molecule has 0 unspecified atom stereocenters. The van der Waals surface area contributed by atoms with Gasteiger partial charge >= 0.3 is 0 Å². The topological polar surface area (TPSA) is 79.7 Å². The van der Waals surface area contributed by atoms with Crippen LogP contribution >= 0.6 is 0 Å². The summed E-state index contributed by atoms with van der Waals surface area (Å²) >= 11 is 0. The Bertz CT molecular complexity index is 701. The number of anilines is 1. The molecular weight excluding hydrogens is 342 g/mol. The molecule has 0 spiro atoms. The van der Waals surface area contributed by atoms with Crippen molar-refractivity contribution in [1.29, 1.82) is 5.26 Å². The van der Waals surface area contributed by atoms with Crippen LogP contribution < -0.4 is 5.32 Å². The summed E-state index contributed by atoms with van der Waals surface area (Å²) in [4.78, 5) is 30.9. The largest absolute Gasteiger partial charge is 0.342 e. The molecule has 1 N–H and O–H groups in total. The van der Waals surface area contributed by atoms with E-state index in [0.717, 1.165) is 52.1 Å². The van der Waals surface area contributed by atoms with Crippen molar-refractivity contribution in [2.75, 3.05) is 57.7 Å². The lowest BCUT2D eigenvalue weighted by Crippen LogP contribution is -2.51. The van der Waals surface area contributed by atoms with Crippen LogP contribution in [0.5, 0.6) is 0 Å². The summed E-state index contributed by atoms with van der Waals surface area (Å²) in [5.41, 5.74) is 1.17. The molecule has 2 amide bonds. The van der Waals surface area contributed by atoms with Gasteiger partial charge in [0.1, 0.15) is 0 Å². The van der Waals surface area contributed by atoms with Crippen molar-refractivity contribution in [3.63, 3.8) is 0 Å². The third-order valence-electron chi connectivity index (χ3n) is 5.18. The number of piperidine rings is 1. The van der Waals surface area contributed by atoms with E-state index in [9.17, 15) is 9.59 Å². The van der Waals surface area contributed by atoms with E-state index in [1.165, 1.54) is 6.42 Å². The number of hydrogen-bond acceptors (Lipinski definition) is 5. The third-order valence-corrected chi connectivity index (χ3v) is 5.18. The molecule has 144 valence electrons. The Morgan fingerprint density at radius 1 is 0.963 bits per heavy atom. The van der Waals surface area contributed by atoms with Crippen LogP contribution in [0.15, 0.2) is 24.3 Å². The summed E-state index contributed by atoms with van der Waals surface area (Å²) in [5.74, 6) is 0.154. The van der Waals surface area contributed by atoms with E-state index in [4.69, 9.17) is 5.26 Å². The molecule has 1 aromatic carbocycles. The second-order valence-corrected chi connectivity index (χ2v) is 7.23. The number of hydrogen-bond donors (Lipinski definition) is 1. The minimum Gasteiger partial charge on any atom is -0.342 e. The van der Waals surface area contributed by atoms with Gasteiger partial charge in [-0.1, -0.05) is 6.07 Å². The maximum absolute atomic E-state index is 12.4. The number of nitrogens with zero attached hydrogens (tertiary/aromatic N) is 4. The number of likely N-dealkylation sites (tertiary alicyclic amines) is 1. The van der Waals surface area contributed by atoms with Gasteiger partial charge in [0.05, 0.1) is 24.7 Å². The molecule has 1 aromatic rings. The van der Waals surface area contributed by atoms with Crippen LogP contribution in [0.3, 0.4) is 0 Å². The van der Waals surface area contributed by atoms with Crippen molar-refractivity contribution in [3.05, 3.63) is 29.8 Å². The van der Waals surface area contributed by atoms with E-state index in [1.807, 2.05) is 4.90 Å². The molecule has 2 aliphatic heterocycles. The standard InChI is InChI=1S/C20H27N5O2/c21-14-17-5-4-6-18(13-17)22-19(26)15-23-9-11-24(12-10-23)16-20(27)25-7-2-1-3-8-25/h4-6,13H,1-3,7-12,15-16H2,(H,22,26). The van der Waals surface area contributed by atoms with Crippen LogP contribution in [0, 0.1) is 11.3 Å². The van der Waals surface area contributed by atoms with Crippen LogP contribution in [0.1, 0.15) is 24.8 Å². The molecule has 27 heavy (non-hydrogen) atoms. The van der Waals surface area contributed by atoms with Crippen LogP contribution in [0.4, 0.5) is 5.69 Å². The van der Waals surface area contributed by atoms with E-state index in [0.29, 0.717) is 24.3 Å². The lowest BCUT2D eigenvalue weighted by molar-refractivity contribution is -0.134. The Labute approximate surface area is 160 Å². The Morgan fingerprint density at radius 2 is 1.63 bits per heavy atom. The smallest absolute Gasteiger partial charge is 0.238 e. The molecule has 0 bridgehead atoms. The van der Waals surface area contributed by atoms with Crippen molar-refractivity contribution >= 4 is 17.5 Å². The highest BCUT2D eigenvalue weighted by Gasteiger charge is 2.23. The van der Waals surface area contributed by atoms with Crippen molar-refractivity contribution in [2.24, 2.45) is 0 Å². The van der Waals surface area contributed by atoms with Gasteiger partial charge < -0.3 is 10.2 Å². The van der Waals surface area contributed by atoms with Gasteiger partial charge in [0.2, 0.25) is 11.8 Å². The number of nitrogens with one attached hydrogen (secondary N) is 1. The number of carbonyl (C=O) groups is 2. The summed E-state index contributed by atoms with van der Waals surface area (Å²) in [6.07, 6.45) is 3.46. The number of nitriles is 1. The van der Waals surface area contributed by atoms with E-state index in [2.05, 4.69) is 21.2 Å². The molecule has 2 saturated heterocycles. The van der Waals surface area contributed by atoms with Crippen molar-refractivity contribution < 1.29 is 9.59 Å². The van der Waals surface area contributed by atoms with Crippen LogP contribution in [0.2, 0.25) is 0 Å². The molecule has 0 aromatic heterocycles. The highest BCUT2D eigenvalue weighted by Crippen LogP contribution is 2.11. The zero-order valence-corrected chi connectivity index (χ0v) is 15.7. The zero-order valence-electron chi connectivity index (χ0n) is 15.7. The fourth-order valence-corrected chi connectivity index (χ4v) is 3.61. The first-order chi connectivity index (χ1) is 13.1. The van der Waals surface area contributed by atoms with Crippen LogP contribution in [-0.2, 0) is 9.59 Å². The second kappa shape index (κ2) is 9.49. The van der Waals surface area contributed by atoms with Gasteiger partial charge in [-0.3, -0.25) is 19.4 Å². The van der Waals surface area contributed by atoms with E-state index < -0.39 is 0 Å². The van der Waals surface area contributed by atoms with E-state index in [1.54, 1.807) is 24.3 Å². The van der Waals surface area contributed by atoms with Crippen LogP contribution in [0.25, 0.3) is 0 Å². The molecule has 2 fully saturated rings. The lowest BCUT2D eigenvalue weighted by atomic mass is 10.1. The Morgan fingerprint density at radius 3 is 2.30 bits per heavy atom. The Balaban J connectivity index is 1.39. The normalized spacial score (nSPS) is 18.7. The molecule has 2 aliphatic rings. The predicted molar refractivity (Wildman–Crippen MR) is 103 cm³/mol. The van der Waals surface area contributed by atoms with Crippen molar-refractivity contribution in [2.45, 2.75) is 19.3 Å².